The summed E-state index contributed by atoms with van der Waals surface area (Å²) >= 11 is 0. The van der Waals surface area contributed by atoms with Crippen LogP contribution in [0.4, 0.5) is 5.69 Å². The number of nitrogens with two attached hydrogens (primary N) is 1. The second-order valence-electron chi connectivity index (χ2n) is 2.10. The number of nitrogen functional groups attached to an aromatic ring is 1. The number of carbonyl (C=O) groups is 1. The molecule has 5 nitrogen and oxygen atoms in total. The lowest BCUT2D eigenvalue weighted by molar-refractivity contribution is 0.0689. The highest BCUT2D eigenvalue weighted by molar-refractivity contribution is 5.86. The molecule has 0 amide bonds. The Kier molecular flexibility index (Phi) is 2.14. The van der Waals surface area contributed by atoms with Crippen molar-refractivity contribution in [2.24, 2.45) is 0 Å². The van der Waals surface area contributed by atoms with E-state index >= 15 is 0 Å². The lowest BCUT2D eigenvalue weighted by Gasteiger charge is -2.02. The van der Waals surface area contributed by atoms with Gasteiger partial charge in [-0.1, -0.05) is 0 Å². The van der Waals surface area contributed by atoms with Crippen LogP contribution in [0.2, 0.25) is 0 Å². The van der Waals surface area contributed by atoms with E-state index in [0.717, 1.165) is 0 Å². The summed E-state index contributed by atoms with van der Waals surface area (Å²) in [5.74, 6) is -0.969. The summed E-state index contributed by atoms with van der Waals surface area (Å²) in [6, 6.07) is 2.76. The van der Waals surface area contributed by atoms with Crippen LogP contribution in [0.1, 0.15) is 10.5 Å². The second-order valence-corrected chi connectivity index (χ2v) is 2.10. The number of carboxylic acids is 1. The highest BCUT2D eigenvalue weighted by atomic mass is 16.5. The zero-order chi connectivity index (χ0) is 9.14. The van der Waals surface area contributed by atoms with E-state index in [1.165, 1.54) is 19.2 Å². The molecule has 0 aliphatic carbocycles. The van der Waals surface area contributed by atoms with Gasteiger partial charge in [-0.25, -0.2) is 9.78 Å². The predicted octanol–water partition coefficient (Wildman–Crippen LogP) is 0.371. The first-order valence-corrected chi connectivity index (χ1v) is 3.19. The maximum Gasteiger partial charge on any atom is 0.354 e. The maximum atomic E-state index is 10.4. The monoisotopic (exact) mass is 168 g/mol. The average Bonchev–Trinajstić information content (AvgIpc) is 2.05. The first kappa shape index (κ1) is 8.32. The van der Waals surface area contributed by atoms with Gasteiger partial charge >= 0.3 is 5.97 Å². The van der Waals surface area contributed by atoms with E-state index in [4.69, 9.17) is 15.6 Å². The molecule has 0 aromatic carbocycles. The molecule has 0 spiro atoms. The van der Waals surface area contributed by atoms with Crippen LogP contribution in [0.25, 0.3) is 0 Å². The summed E-state index contributed by atoms with van der Waals surface area (Å²) in [7, 11) is 1.38. The summed E-state index contributed by atoms with van der Waals surface area (Å²) < 4.78 is 4.74. The smallest absolute Gasteiger partial charge is 0.354 e. The molecule has 0 saturated carbocycles. The number of pyridine rings is 1. The third-order valence-corrected chi connectivity index (χ3v) is 1.30. The summed E-state index contributed by atoms with van der Waals surface area (Å²) in [4.78, 5) is 14.1. The number of nitrogens with zero attached hydrogens (tertiary/aromatic N) is 1. The molecule has 1 heterocycles. The minimum absolute atomic E-state index is 0.0824. The number of hydrogen-bond acceptors (Lipinski definition) is 4. The normalized spacial score (nSPS) is 9.42. The molecule has 0 saturated heterocycles. The molecule has 0 aliphatic heterocycles. The number of rotatable bonds is 2. The van der Waals surface area contributed by atoms with Crippen LogP contribution in [0.3, 0.4) is 0 Å². The molecule has 5 heteroatoms. The minimum Gasteiger partial charge on any atom is -0.480 e. The molecule has 3 N–H and O–H groups in total. The van der Waals surface area contributed by atoms with Crippen molar-refractivity contribution < 1.29 is 14.6 Å². The number of methoxy groups -OCH3 is 1. The van der Waals surface area contributed by atoms with Crippen LogP contribution in [0.5, 0.6) is 5.88 Å². The van der Waals surface area contributed by atoms with Gasteiger partial charge in [-0.05, 0) is 12.1 Å². The van der Waals surface area contributed by atoms with Crippen molar-refractivity contribution in [2.75, 3.05) is 12.8 Å². The second kappa shape index (κ2) is 3.08. The molecule has 1 rings (SSSR count). The third-order valence-electron chi connectivity index (χ3n) is 1.30. The Morgan fingerprint density at radius 3 is 2.83 bits per heavy atom. The van der Waals surface area contributed by atoms with Crippen molar-refractivity contribution in [3.63, 3.8) is 0 Å². The molecule has 12 heavy (non-hydrogen) atoms. The topological polar surface area (TPSA) is 85.4 Å². The molecule has 64 valence electrons. The summed E-state index contributed by atoms with van der Waals surface area (Å²) in [5, 5.41) is 8.54. The van der Waals surface area contributed by atoms with Gasteiger partial charge in [0.2, 0.25) is 5.88 Å². The number of aromatic carboxylic acids is 1. The Morgan fingerprint density at radius 2 is 2.33 bits per heavy atom. The van der Waals surface area contributed by atoms with E-state index in [1.54, 1.807) is 0 Å². The van der Waals surface area contributed by atoms with Gasteiger partial charge in [-0.15, -0.1) is 0 Å². The van der Waals surface area contributed by atoms with Crippen molar-refractivity contribution in [1.29, 1.82) is 0 Å². The predicted molar refractivity (Wildman–Crippen MR) is 42.2 cm³/mol. The van der Waals surface area contributed by atoms with Crippen molar-refractivity contribution in [1.82, 2.24) is 4.98 Å². The standard InChI is InChI=1S/C7H8N2O3/c1-12-6-4(8)2-3-5(9-6)7(10)11/h2-3H,8H2,1H3,(H,10,11). The molecule has 0 atom stereocenters. The number of hydrogen-bond donors (Lipinski definition) is 2. The quantitative estimate of drug-likeness (QED) is 0.666. The van der Waals surface area contributed by atoms with Crippen molar-refractivity contribution >= 4 is 11.7 Å². The third kappa shape index (κ3) is 1.45. The summed E-state index contributed by atoms with van der Waals surface area (Å²) in [6.45, 7) is 0. The Morgan fingerprint density at radius 1 is 1.67 bits per heavy atom. The molecule has 0 radical (unpaired) electrons. The van der Waals surface area contributed by atoms with Gasteiger partial charge in [0.05, 0.1) is 12.8 Å². The highest BCUT2D eigenvalue weighted by Crippen LogP contribution is 2.17. The fourth-order valence-corrected chi connectivity index (χ4v) is 0.734. The van der Waals surface area contributed by atoms with Crippen LogP contribution in [-0.2, 0) is 0 Å². The minimum atomic E-state index is -1.10. The van der Waals surface area contributed by atoms with Gasteiger partial charge in [0.25, 0.3) is 0 Å². The highest BCUT2D eigenvalue weighted by Gasteiger charge is 2.07. The van der Waals surface area contributed by atoms with Gasteiger partial charge in [0.1, 0.15) is 0 Å². The first-order valence-electron chi connectivity index (χ1n) is 3.19. The van der Waals surface area contributed by atoms with Gasteiger partial charge in [0.15, 0.2) is 5.69 Å². The fraction of sp³-hybridized carbons (Fsp3) is 0.143. The van der Waals surface area contributed by atoms with Gasteiger partial charge < -0.3 is 15.6 Å². The summed E-state index contributed by atoms with van der Waals surface area (Å²) in [6.07, 6.45) is 0. The molecule has 0 fully saturated rings. The lowest BCUT2D eigenvalue weighted by Crippen LogP contribution is -2.03. The van der Waals surface area contributed by atoms with Crippen LogP contribution in [0.15, 0.2) is 12.1 Å². The van der Waals surface area contributed by atoms with Gasteiger partial charge in [-0.3, -0.25) is 0 Å². The van der Waals surface area contributed by atoms with E-state index < -0.39 is 5.97 Å². The van der Waals surface area contributed by atoms with E-state index in [0.29, 0.717) is 5.69 Å². The number of ether oxygens (including phenoxy) is 1. The number of carboxylic acid groups (broad SMARTS) is 1. The van der Waals surface area contributed by atoms with Gasteiger partial charge in [0, 0.05) is 0 Å². The summed E-state index contributed by atoms with van der Waals surface area (Å²) in [5.41, 5.74) is 5.66. The zero-order valence-corrected chi connectivity index (χ0v) is 6.44. The molecular weight excluding hydrogens is 160 g/mol. The first-order chi connectivity index (χ1) is 5.65. The number of aromatic nitrogens is 1. The maximum absolute atomic E-state index is 10.4. The Hall–Kier alpha value is -1.78. The Balaban J connectivity index is 3.13. The van der Waals surface area contributed by atoms with E-state index in [9.17, 15) is 4.79 Å². The molecule has 1 aromatic heterocycles. The molecule has 0 aliphatic rings. The fourth-order valence-electron chi connectivity index (χ4n) is 0.734. The van der Waals surface area contributed by atoms with Crippen LogP contribution in [-0.4, -0.2) is 23.2 Å². The average molecular weight is 168 g/mol. The number of anilines is 1. The lowest BCUT2D eigenvalue weighted by atomic mass is 10.3. The van der Waals surface area contributed by atoms with Crippen LogP contribution >= 0.6 is 0 Å². The van der Waals surface area contributed by atoms with E-state index in [2.05, 4.69) is 4.98 Å². The largest absolute Gasteiger partial charge is 0.480 e. The van der Waals surface area contributed by atoms with Crippen molar-refractivity contribution in [3.8, 4) is 5.88 Å². The molecule has 0 bridgehead atoms. The van der Waals surface area contributed by atoms with Crippen molar-refractivity contribution in [2.45, 2.75) is 0 Å². The van der Waals surface area contributed by atoms with E-state index in [-0.39, 0.29) is 11.6 Å². The Bertz CT molecular complexity index is 312. The van der Waals surface area contributed by atoms with E-state index in [1.807, 2.05) is 0 Å². The molecular formula is C7H8N2O3. The van der Waals surface area contributed by atoms with Crippen LogP contribution in [0, 0.1) is 0 Å². The van der Waals surface area contributed by atoms with Gasteiger partial charge in [-0.2, -0.15) is 0 Å². The van der Waals surface area contributed by atoms with Crippen LogP contribution < -0.4 is 10.5 Å². The molecule has 0 unspecified atom stereocenters. The van der Waals surface area contributed by atoms with Crippen molar-refractivity contribution in [3.05, 3.63) is 17.8 Å². The Labute approximate surface area is 68.8 Å². The SMILES string of the molecule is COc1nc(C(=O)O)ccc1N. The zero-order valence-electron chi connectivity index (χ0n) is 6.44. The molecule has 1 aromatic rings.